The molecule has 1 aliphatic rings. The van der Waals surface area contributed by atoms with Crippen molar-refractivity contribution in [2.45, 2.75) is 52.2 Å². The first kappa shape index (κ1) is 11.0. The lowest BCUT2D eigenvalue weighted by molar-refractivity contribution is 0.117. The molecule has 0 aliphatic carbocycles. The van der Waals surface area contributed by atoms with Crippen LogP contribution in [-0.4, -0.2) is 18.8 Å². The van der Waals surface area contributed by atoms with Gasteiger partial charge in [0.15, 0.2) is 0 Å². The largest absolute Gasteiger partial charge is 0.378 e. The number of hydrogen-bond donors (Lipinski definition) is 1. The van der Waals surface area contributed by atoms with E-state index in [4.69, 9.17) is 10.5 Å². The molecule has 1 aliphatic heterocycles. The third-order valence-electron chi connectivity index (χ3n) is 2.91. The van der Waals surface area contributed by atoms with Crippen LogP contribution >= 0.6 is 0 Å². The van der Waals surface area contributed by atoms with Crippen molar-refractivity contribution in [3.63, 3.8) is 0 Å². The van der Waals surface area contributed by atoms with Crippen LogP contribution in [0, 0.1) is 11.8 Å². The number of nitrogens with two attached hydrogens (primary N) is 1. The fourth-order valence-corrected chi connectivity index (χ4v) is 1.91. The molecule has 0 radical (unpaired) electrons. The minimum Gasteiger partial charge on any atom is -0.378 e. The normalized spacial score (nSPS) is 31.2. The van der Waals surface area contributed by atoms with E-state index >= 15 is 0 Å². The molecule has 0 spiro atoms. The maximum Gasteiger partial charge on any atom is 0.0551 e. The summed E-state index contributed by atoms with van der Waals surface area (Å²) in [6.45, 7) is 7.51. The molecule has 0 bridgehead atoms. The van der Waals surface area contributed by atoms with Crippen LogP contribution in [0.15, 0.2) is 0 Å². The second-order valence-electron chi connectivity index (χ2n) is 4.77. The SMILES string of the molecule is CC(C)CCC(N)C1COC(C)C1. The molecule has 13 heavy (non-hydrogen) atoms. The number of rotatable bonds is 4. The second-order valence-corrected chi connectivity index (χ2v) is 4.77. The molecule has 0 saturated carbocycles. The molecular formula is C11H23NO. The van der Waals surface area contributed by atoms with Gasteiger partial charge in [-0.05, 0) is 38.0 Å². The zero-order chi connectivity index (χ0) is 9.84. The van der Waals surface area contributed by atoms with Crippen LogP contribution in [0.5, 0.6) is 0 Å². The van der Waals surface area contributed by atoms with Crippen molar-refractivity contribution < 1.29 is 4.74 Å². The molecule has 0 aromatic heterocycles. The Labute approximate surface area is 81.8 Å². The van der Waals surface area contributed by atoms with Gasteiger partial charge in [0.25, 0.3) is 0 Å². The summed E-state index contributed by atoms with van der Waals surface area (Å²) in [4.78, 5) is 0. The molecule has 78 valence electrons. The summed E-state index contributed by atoms with van der Waals surface area (Å²) in [6, 6.07) is 0.354. The lowest BCUT2D eigenvalue weighted by atomic mass is 9.92. The van der Waals surface area contributed by atoms with Crippen molar-refractivity contribution in [2.24, 2.45) is 17.6 Å². The molecule has 1 heterocycles. The van der Waals surface area contributed by atoms with Gasteiger partial charge in [-0.15, -0.1) is 0 Å². The van der Waals surface area contributed by atoms with Gasteiger partial charge in [-0.2, -0.15) is 0 Å². The van der Waals surface area contributed by atoms with Gasteiger partial charge in [-0.1, -0.05) is 13.8 Å². The molecule has 0 amide bonds. The van der Waals surface area contributed by atoms with Gasteiger partial charge in [-0.25, -0.2) is 0 Å². The third-order valence-corrected chi connectivity index (χ3v) is 2.91. The fourth-order valence-electron chi connectivity index (χ4n) is 1.91. The summed E-state index contributed by atoms with van der Waals surface area (Å²) in [6.07, 6.45) is 3.97. The molecule has 2 heteroatoms. The minimum absolute atomic E-state index is 0.354. The lowest BCUT2D eigenvalue weighted by Crippen LogP contribution is -2.30. The van der Waals surface area contributed by atoms with Crippen LogP contribution in [0.1, 0.15) is 40.0 Å². The summed E-state index contributed by atoms with van der Waals surface area (Å²) >= 11 is 0. The van der Waals surface area contributed by atoms with Crippen molar-refractivity contribution in [3.05, 3.63) is 0 Å². The first-order chi connectivity index (χ1) is 6.09. The molecule has 2 nitrogen and oxygen atoms in total. The van der Waals surface area contributed by atoms with Crippen LogP contribution in [0.25, 0.3) is 0 Å². The third kappa shape index (κ3) is 3.65. The van der Waals surface area contributed by atoms with E-state index in [1.54, 1.807) is 0 Å². The summed E-state index contributed by atoms with van der Waals surface area (Å²) in [5.41, 5.74) is 6.11. The molecule has 0 aromatic carbocycles. The highest BCUT2D eigenvalue weighted by atomic mass is 16.5. The van der Waals surface area contributed by atoms with Crippen LogP contribution in [0.3, 0.4) is 0 Å². The standard InChI is InChI=1S/C11H23NO/c1-8(2)4-5-11(12)10-6-9(3)13-7-10/h8-11H,4-7,12H2,1-3H3. The molecular weight excluding hydrogens is 162 g/mol. The molecule has 2 N–H and O–H groups in total. The van der Waals surface area contributed by atoms with Crippen molar-refractivity contribution in [3.8, 4) is 0 Å². The Bertz CT molecular complexity index is 147. The van der Waals surface area contributed by atoms with E-state index in [2.05, 4.69) is 20.8 Å². The zero-order valence-electron chi connectivity index (χ0n) is 9.12. The van der Waals surface area contributed by atoms with Crippen LogP contribution in [-0.2, 0) is 4.74 Å². The Morgan fingerprint density at radius 2 is 2.08 bits per heavy atom. The highest BCUT2D eigenvalue weighted by Crippen LogP contribution is 2.24. The van der Waals surface area contributed by atoms with E-state index in [0.29, 0.717) is 18.1 Å². The van der Waals surface area contributed by atoms with Gasteiger partial charge >= 0.3 is 0 Å². The fraction of sp³-hybridized carbons (Fsp3) is 1.00. The zero-order valence-corrected chi connectivity index (χ0v) is 9.12. The van der Waals surface area contributed by atoms with E-state index in [0.717, 1.165) is 25.4 Å². The molecule has 3 unspecified atom stereocenters. The average Bonchev–Trinajstić information content (AvgIpc) is 2.47. The van der Waals surface area contributed by atoms with Gasteiger partial charge in [0.1, 0.15) is 0 Å². The van der Waals surface area contributed by atoms with Crippen molar-refractivity contribution in [1.29, 1.82) is 0 Å². The van der Waals surface area contributed by atoms with E-state index in [1.165, 1.54) is 6.42 Å². The van der Waals surface area contributed by atoms with Gasteiger partial charge in [0.2, 0.25) is 0 Å². The molecule has 1 fully saturated rings. The minimum atomic E-state index is 0.354. The first-order valence-corrected chi connectivity index (χ1v) is 5.46. The monoisotopic (exact) mass is 185 g/mol. The first-order valence-electron chi connectivity index (χ1n) is 5.46. The lowest BCUT2D eigenvalue weighted by Gasteiger charge is -2.18. The molecule has 3 atom stereocenters. The Hall–Kier alpha value is -0.0800. The maximum atomic E-state index is 6.11. The smallest absolute Gasteiger partial charge is 0.0551 e. The summed E-state index contributed by atoms with van der Waals surface area (Å²) in [5.74, 6) is 1.37. The quantitative estimate of drug-likeness (QED) is 0.728. The molecule has 0 aromatic rings. The van der Waals surface area contributed by atoms with E-state index in [1.807, 2.05) is 0 Å². The number of ether oxygens (including phenoxy) is 1. The van der Waals surface area contributed by atoms with Gasteiger partial charge < -0.3 is 10.5 Å². The summed E-state index contributed by atoms with van der Waals surface area (Å²) < 4.78 is 5.51. The topological polar surface area (TPSA) is 35.2 Å². The predicted octanol–water partition coefficient (Wildman–Crippen LogP) is 2.17. The molecule has 1 saturated heterocycles. The van der Waals surface area contributed by atoms with Crippen LogP contribution < -0.4 is 5.73 Å². The van der Waals surface area contributed by atoms with Crippen molar-refractivity contribution >= 4 is 0 Å². The summed E-state index contributed by atoms with van der Waals surface area (Å²) in [7, 11) is 0. The maximum absolute atomic E-state index is 6.11. The predicted molar refractivity (Wildman–Crippen MR) is 55.6 cm³/mol. The Kier molecular flexibility index (Phi) is 4.20. The Balaban J connectivity index is 2.19. The number of hydrogen-bond acceptors (Lipinski definition) is 2. The van der Waals surface area contributed by atoms with Gasteiger partial charge in [0, 0.05) is 6.04 Å². The van der Waals surface area contributed by atoms with E-state index in [9.17, 15) is 0 Å². The second kappa shape index (κ2) is 4.97. The Morgan fingerprint density at radius 1 is 1.38 bits per heavy atom. The summed E-state index contributed by atoms with van der Waals surface area (Å²) in [5, 5.41) is 0. The Morgan fingerprint density at radius 3 is 2.54 bits per heavy atom. The highest BCUT2D eigenvalue weighted by molar-refractivity contribution is 4.79. The van der Waals surface area contributed by atoms with Crippen LogP contribution in [0.4, 0.5) is 0 Å². The van der Waals surface area contributed by atoms with E-state index < -0.39 is 0 Å². The highest BCUT2D eigenvalue weighted by Gasteiger charge is 2.26. The van der Waals surface area contributed by atoms with Gasteiger partial charge in [-0.3, -0.25) is 0 Å². The van der Waals surface area contributed by atoms with Crippen molar-refractivity contribution in [2.75, 3.05) is 6.61 Å². The van der Waals surface area contributed by atoms with E-state index in [-0.39, 0.29) is 0 Å². The molecule has 1 rings (SSSR count). The van der Waals surface area contributed by atoms with Crippen molar-refractivity contribution in [1.82, 2.24) is 0 Å². The van der Waals surface area contributed by atoms with Crippen LogP contribution in [0.2, 0.25) is 0 Å². The van der Waals surface area contributed by atoms with Gasteiger partial charge in [0.05, 0.1) is 12.7 Å². The average molecular weight is 185 g/mol.